The van der Waals surface area contributed by atoms with Crippen LogP contribution in [-0.2, 0) is 11.3 Å². The first-order valence-corrected chi connectivity index (χ1v) is 7.38. The van der Waals surface area contributed by atoms with Gasteiger partial charge in [0.1, 0.15) is 11.6 Å². The lowest BCUT2D eigenvalue weighted by Gasteiger charge is -2.23. The summed E-state index contributed by atoms with van der Waals surface area (Å²) >= 11 is 0. The zero-order valence-electron chi connectivity index (χ0n) is 12.9. The monoisotopic (exact) mass is 306 g/mol. The summed E-state index contributed by atoms with van der Waals surface area (Å²) in [5.74, 6) is -1.21. The van der Waals surface area contributed by atoms with Crippen LogP contribution in [0.5, 0.6) is 0 Å². The number of benzene rings is 2. The number of hydrogen-bond acceptors (Lipinski definition) is 3. The Bertz CT molecular complexity index is 728. The van der Waals surface area contributed by atoms with Crippen molar-refractivity contribution in [3.63, 3.8) is 0 Å². The predicted octanol–water partition coefficient (Wildman–Crippen LogP) is 3.70. The molecule has 0 aromatic heterocycles. The van der Waals surface area contributed by atoms with Gasteiger partial charge in [-0.05, 0) is 36.3 Å². The third kappa shape index (κ3) is 4.45. The van der Waals surface area contributed by atoms with E-state index in [-0.39, 0.29) is 5.57 Å². The van der Waals surface area contributed by atoms with Crippen LogP contribution in [0.3, 0.4) is 0 Å². The van der Waals surface area contributed by atoms with Gasteiger partial charge in [-0.3, -0.25) is 0 Å². The molecule has 1 N–H and O–H groups in total. The van der Waals surface area contributed by atoms with Gasteiger partial charge in [-0.25, -0.2) is 4.79 Å². The molecule has 0 radical (unpaired) electrons. The minimum absolute atomic E-state index is 0.269. The number of rotatable bonds is 6. The van der Waals surface area contributed by atoms with E-state index in [1.165, 1.54) is 11.6 Å². The van der Waals surface area contributed by atoms with E-state index in [1.807, 2.05) is 42.5 Å². The molecule has 0 aliphatic heterocycles. The standard InChI is InChI=1S/C19H18N2O2/c1-2-21(14-16-6-4-3-5-7-16)18-10-8-15(9-11-18)12-17(13-20)19(22)23/h3-12H,2,14H2,1H3,(H,22,23)/b17-12+. The Kier molecular flexibility index (Phi) is 5.54. The summed E-state index contributed by atoms with van der Waals surface area (Å²) in [5.41, 5.74) is 2.72. The number of carboxylic acids is 1. The Balaban J connectivity index is 2.17. The molecule has 0 heterocycles. The highest BCUT2D eigenvalue weighted by Crippen LogP contribution is 2.19. The molecule has 0 amide bonds. The fraction of sp³-hybridized carbons (Fsp3) is 0.158. The molecule has 0 aliphatic carbocycles. The summed E-state index contributed by atoms with van der Waals surface area (Å²) < 4.78 is 0. The predicted molar refractivity (Wildman–Crippen MR) is 90.8 cm³/mol. The van der Waals surface area contributed by atoms with Crippen LogP contribution in [0.4, 0.5) is 5.69 Å². The van der Waals surface area contributed by atoms with E-state index >= 15 is 0 Å². The van der Waals surface area contributed by atoms with E-state index in [4.69, 9.17) is 10.4 Å². The van der Waals surface area contributed by atoms with Gasteiger partial charge in [0.15, 0.2) is 0 Å². The first-order valence-electron chi connectivity index (χ1n) is 7.38. The van der Waals surface area contributed by atoms with Crippen molar-refractivity contribution in [2.75, 3.05) is 11.4 Å². The first kappa shape index (κ1) is 16.3. The number of anilines is 1. The number of carbonyl (C=O) groups is 1. The van der Waals surface area contributed by atoms with Crippen molar-refractivity contribution >= 4 is 17.7 Å². The topological polar surface area (TPSA) is 64.3 Å². The highest BCUT2D eigenvalue weighted by molar-refractivity contribution is 5.96. The van der Waals surface area contributed by atoms with Crippen molar-refractivity contribution in [1.29, 1.82) is 5.26 Å². The number of hydrogen-bond donors (Lipinski definition) is 1. The SMILES string of the molecule is CCN(Cc1ccccc1)c1ccc(/C=C(\C#N)C(=O)O)cc1. The maximum atomic E-state index is 10.9. The van der Waals surface area contributed by atoms with Gasteiger partial charge in [0.2, 0.25) is 0 Å². The molecule has 0 unspecified atom stereocenters. The number of carboxylic acid groups (broad SMARTS) is 1. The summed E-state index contributed by atoms with van der Waals surface area (Å²) in [6.45, 7) is 3.77. The van der Waals surface area contributed by atoms with Crippen LogP contribution in [0.2, 0.25) is 0 Å². The molecular formula is C19H18N2O2. The second-order valence-corrected chi connectivity index (χ2v) is 5.07. The lowest BCUT2D eigenvalue weighted by atomic mass is 10.1. The van der Waals surface area contributed by atoms with E-state index in [0.29, 0.717) is 5.56 Å². The van der Waals surface area contributed by atoms with E-state index in [1.54, 1.807) is 6.07 Å². The summed E-state index contributed by atoms with van der Waals surface area (Å²) in [4.78, 5) is 13.1. The largest absolute Gasteiger partial charge is 0.477 e. The van der Waals surface area contributed by atoms with Crippen molar-refractivity contribution in [3.8, 4) is 6.07 Å². The molecule has 2 aromatic rings. The third-order valence-corrected chi connectivity index (χ3v) is 3.52. The van der Waals surface area contributed by atoms with E-state index in [2.05, 4.69) is 24.0 Å². The fourth-order valence-corrected chi connectivity index (χ4v) is 2.28. The third-order valence-electron chi connectivity index (χ3n) is 3.52. The molecule has 0 saturated carbocycles. The average Bonchev–Trinajstić information content (AvgIpc) is 2.59. The molecule has 0 atom stereocenters. The molecule has 0 fully saturated rings. The highest BCUT2D eigenvalue weighted by Gasteiger charge is 2.07. The number of nitriles is 1. The lowest BCUT2D eigenvalue weighted by Crippen LogP contribution is -2.21. The van der Waals surface area contributed by atoms with Crippen LogP contribution in [0.15, 0.2) is 60.2 Å². The molecule has 2 rings (SSSR count). The quantitative estimate of drug-likeness (QED) is 0.653. The van der Waals surface area contributed by atoms with Gasteiger partial charge in [0.05, 0.1) is 0 Å². The Hall–Kier alpha value is -3.06. The first-order chi connectivity index (χ1) is 11.1. The van der Waals surface area contributed by atoms with Gasteiger partial charge in [0, 0.05) is 18.8 Å². The lowest BCUT2D eigenvalue weighted by molar-refractivity contribution is -0.132. The van der Waals surface area contributed by atoms with Crippen molar-refractivity contribution < 1.29 is 9.90 Å². The minimum atomic E-state index is -1.21. The molecule has 0 saturated heterocycles. The van der Waals surface area contributed by atoms with Gasteiger partial charge in [0.25, 0.3) is 0 Å². The summed E-state index contributed by atoms with van der Waals surface area (Å²) in [5, 5.41) is 17.7. The highest BCUT2D eigenvalue weighted by atomic mass is 16.4. The molecule has 2 aromatic carbocycles. The zero-order valence-corrected chi connectivity index (χ0v) is 12.9. The Morgan fingerprint density at radius 1 is 1.17 bits per heavy atom. The molecule has 4 heteroatoms. The van der Waals surface area contributed by atoms with Crippen LogP contribution >= 0.6 is 0 Å². The zero-order chi connectivity index (χ0) is 16.7. The fourth-order valence-electron chi connectivity index (χ4n) is 2.28. The molecule has 0 aliphatic rings. The Morgan fingerprint density at radius 2 is 1.83 bits per heavy atom. The smallest absolute Gasteiger partial charge is 0.346 e. The Morgan fingerprint density at radius 3 is 2.35 bits per heavy atom. The van der Waals surface area contributed by atoms with Gasteiger partial charge in [-0.1, -0.05) is 42.5 Å². The summed E-state index contributed by atoms with van der Waals surface area (Å²) in [7, 11) is 0. The van der Waals surface area contributed by atoms with Crippen molar-refractivity contribution in [2.45, 2.75) is 13.5 Å². The maximum absolute atomic E-state index is 10.9. The number of nitrogens with zero attached hydrogens (tertiary/aromatic N) is 2. The van der Waals surface area contributed by atoms with E-state index in [9.17, 15) is 4.79 Å². The van der Waals surface area contributed by atoms with Crippen LogP contribution in [-0.4, -0.2) is 17.6 Å². The summed E-state index contributed by atoms with van der Waals surface area (Å²) in [6, 6.07) is 19.4. The average molecular weight is 306 g/mol. The van der Waals surface area contributed by atoms with Crippen LogP contribution in [0.25, 0.3) is 6.08 Å². The van der Waals surface area contributed by atoms with Crippen molar-refractivity contribution in [1.82, 2.24) is 0 Å². The summed E-state index contributed by atoms with van der Waals surface area (Å²) in [6.07, 6.45) is 1.37. The molecule has 116 valence electrons. The molecular weight excluding hydrogens is 288 g/mol. The van der Waals surface area contributed by atoms with E-state index < -0.39 is 5.97 Å². The number of aliphatic carboxylic acids is 1. The van der Waals surface area contributed by atoms with Crippen molar-refractivity contribution in [3.05, 3.63) is 71.3 Å². The molecule has 0 spiro atoms. The second-order valence-electron chi connectivity index (χ2n) is 5.07. The van der Waals surface area contributed by atoms with Gasteiger partial charge < -0.3 is 10.0 Å². The van der Waals surface area contributed by atoms with Gasteiger partial charge >= 0.3 is 5.97 Å². The van der Waals surface area contributed by atoms with Crippen LogP contribution in [0.1, 0.15) is 18.1 Å². The van der Waals surface area contributed by atoms with Gasteiger partial charge in [-0.15, -0.1) is 0 Å². The normalized spacial score (nSPS) is 10.9. The van der Waals surface area contributed by atoms with Gasteiger partial charge in [-0.2, -0.15) is 5.26 Å². The van der Waals surface area contributed by atoms with Crippen LogP contribution < -0.4 is 4.90 Å². The van der Waals surface area contributed by atoms with Crippen LogP contribution in [0, 0.1) is 11.3 Å². The van der Waals surface area contributed by atoms with Crippen molar-refractivity contribution in [2.24, 2.45) is 0 Å². The molecule has 0 bridgehead atoms. The van der Waals surface area contributed by atoms with E-state index in [0.717, 1.165) is 18.8 Å². The molecule has 4 nitrogen and oxygen atoms in total. The maximum Gasteiger partial charge on any atom is 0.346 e. The minimum Gasteiger partial charge on any atom is -0.477 e. The second kappa shape index (κ2) is 7.81. The Labute approximate surface area is 135 Å². The molecule has 23 heavy (non-hydrogen) atoms.